The van der Waals surface area contributed by atoms with Crippen LogP contribution in [0.15, 0.2) is 48.5 Å². The summed E-state index contributed by atoms with van der Waals surface area (Å²) < 4.78 is 21.6. The molecule has 2 rings (SSSR count). The lowest BCUT2D eigenvalue weighted by Gasteiger charge is -2.13. The average Bonchev–Trinajstić information content (AvgIpc) is 2.49. The molecule has 0 radical (unpaired) electrons. The summed E-state index contributed by atoms with van der Waals surface area (Å²) >= 11 is 0. The fourth-order valence-electron chi connectivity index (χ4n) is 2.16. The van der Waals surface area contributed by atoms with Gasteiger partial charge >= 0.3 is 7.60 Å². The van der Waals surface area contributed by atoms with Gasteiger partial charge in [0, 0.05) is 7.11 Å². The third kappa shape index (κ3) is 6.16. The molecule has 0 spiro atoms. The van der Waals surface area contributed by atoms with Crippen LogP contribution >= 0.6 is 7.60 Å². The first-order chi connectivity index (χ1) is 10.9. The van der Waals surface area contributed by atoms with E-state index in [0.29, 0.717) is 5.56 Å². The summed E-state index contributed by atoms with van der Waals surface area (Å²) in [4.78, 5) is 17.9. The van der Waals surface area contributed by atoms with Gasteiger partial charge in [-0.05, 0) is 42.2 Å². The maximum absolute atomic E-state index is 11.0. The first-order valence-electron chi connectivity index (χ1n) is 7.26. The van der Waals surface area contributed by atoms with Crippen LogP contribution < -0.4 is 4.74 Å². The van der Waals surface area contributed by atoms with Crippen LogP contribution in [0.2, 0.25) is 0 Å². The van der Waals surface area contributed by atoms with Crippen LogP contribution in [-0.2, 0) is 21.9 Å². The van der Waals surface area contributed by atoms with Gasteiger partial charge in [-0.2, -0.15) is 0 Å². The van der Waals surface area contributed by atoms with Crippen LogP contribution in [-0.4, -0.2) is 23.2 Å². The second-order valence-electron chi connectivity index (χ2n) is 5.38. The average molecular weight is 336 g/mol. The molecular weight excluding hydrogens is 315 g/mol. The Morgan fingerprint density at radius 1 is 0.957 bits per heavy atom. The molecule has 1 atom stereocenters. The van der Waals surface area contributed by atoms with Crippen LogP contribution in [0.4, 0.5) is 0 Å². The van der Waals surface area contributed by atoms with Gasteiger partial charge in [0.15, 0.2) is 6.29 Å². The van der Waals surface area contributed by atoms with Crippen molar-refractivity contribution in [2.45, 2.75) is 25.8 Å². The van der Waals surface area contributed by atoms with E-state index in [9.17, 15) is 4.57 Å². The summed E-state index contributed by atoms with van der Waals surface area (Å²) in [5.41, 5.74) is 2.85. The molecule has 1 unspecified atom stereocenters. The molecule has 5 nitrogen and oxygen atoms in total. The SMILES string of the molecule is COC(C)Oc1ccc(Cc2ccc(CP(=O)(O)O)cc2)cc1. The summed E-state index contributed by atoms with van der Waals surface area (Å²) in [5.74, 6) is 0.750. The van der Waals surface area contributed by atoms with Gasteiger partial charge < -0.3 is 19.3 Å². The zero-order valence-corrected chi connectivity index (χ0v) is 14.1. The highest BCUT2D eigenvalue weighted by molar-refractivity contribution is 7.50. The highest BCUT2D eigenvalue weighted by Crippen LogP contribution is 2.38. The molecule has 2 aromatic carbocycles. The van der Waals surface area contributed by atoms with Gasteiger partial charge in [0.2, 0.25) is 0 Å². The van der Waals surface area contributed by atoms with Gasteiger partial charge in [0.25, 0.3) is 0 Å². The molecular formula is C17H21O5P. The molecule has 0 bridgehead atoms. The van der Waals surface area contributed by atoms with Crippen molar-refractivity contribution in [1.82, 2.24) is 0 Å². The van der Waals surface area contributed by atoms with E-state index in [-0.39, 0.29) is 12.5 Å². The number of ether oxygens (including phenoxy) is 2. The Bertz CT molecular complexity index is 660. The van der Waals surface area contributed by atoms with Gasteiger partial charge in [-0.15, -0.1) is 0 Å². The van der Waals surface area contributed by atoms with Crippen LogP contribution in [0.25, 0.3) is 0 Å². The second kappa shape index (κ2) is 7.75. The van der Waals surface area contributed by atoms with E-state index < -0.39 is 7.60 Å². The molecule has 0 aliphatic carbocycles. The molecule has 0 aromatic heterocycles. The molecule has 2 N–H and O–H groups in total. The van der Waals surface area contributed by atoms with Crippen molar-refractivity contribution in [3.63, 3.8) is 0 Å². The standard InChI is InChI=1S/C17H21O5P/c1-13(21-2)22-17-9-7-15(8-10-17)11-14-3-5-16(6-4-14)12-23(18,19)20/h3-10,13H,11-12H2,1-2H3,(H2,18,19,20). The van der Waals surface area contributed by atoms with E-state index in [4.69, 9.17) is 19.3 Å². The van der Waals surface area contributed by atoms with Crippen molar-refractivity contribution >= 4 is 7.60 Å². The Balaban J connectivity index is 1.98. The van der Waals surface area contributed by atoms with Gasteiger partial charge in [-0.1, -0.05) is 36.4 Å². The second-order valence-corrected chi connectivity index (χ2v) is 7.03. The van der Waals surface area contributed by atoms with E-state index in [1.165, 1.54) is 0 Å². The van der Waals surface area contributed by atoms with Crippen LogP contribution in [0, 0.1) is 0 Å². The third-order valence-electron chi connectivity index (χ3n) is 3.38. The van der Waals surface area contributed by atoms with Gasteiger partial charge in [-0.3, -0.25) is 4.57 Å². The molecule has 0 heterocycles. The van der Waals surface area contributed by atoms with E-state index >= 15 is 0 Å². The van der Waals surface area contributed by atoms with Crippen molar-refractivity contribution < 1.29 is 23.8 Å². The smallest absolute Gasteiger partial charge is 0.329 e. The Kier molecular flexibility index (Phi) is 5.97. The Hall–Kier alpha value is -1.65. The maximum Gasteiger partial charge on any atom is 0.329 e. The summed E-state index contributed by atoms with van der Waals surface area (Å²) in [6.07, 6.45) is 0.232. The van der Waals surface area contributed by atoms with Crippen LogP contribution in [0.3, 0.4) is 0 Å². The fourth-order valence-corrected chi connectivity index (χ4v) is 2.85. The highest BCUT2D eigenvalue weighted by Gasteiger charge is 2.13. The summed E-state index contributed by atoms with van der Waals surface area (Å²) in [6, 6.07) is 15.1. The molecule has 6 heteroatoms. The van der Waals surface area contributed by atoms with E-state index in [1.807, 2.05) is 43.3 Å². The van der Waals surface area contributed by atoms with E-state index in [1.54, 1.807) is 19.2 Å². The summed E-state index contributed by atoms with van der Waals surface area (Å²) in [6.45, 7) is 1.83. The number of methoxy groups -OCH3 is 1. The lowest BCUT2D eigenvalue weighted by Crippen LogP contribution is -2.13. The van der Waals surface area contributed by atoms with Crippen molar-refractivity contribution in [3.05, 3.63) is 65.2 Å². The number of rotatable bonds is 7. The largest absolute Gasteiger partial charge is 0.465 e. The molecule has 0 fully saturated rings. The predicted octanol–water partition coefficient (Wildman–Crippen LogP) is 3.33. The molecule has 0 aliphatic heterocycles. The number of hydrogen-bond donors (Lipinski definition) is 2. The third-order valence-corrected chi connectivity index (χ3v) is 4.15. The van der Waals surface area contributed by atoms with Crippen LogP contribution in [0.1, 0.15) is 23.6 Å². The molecule has 0 saturated heterocycles. The molecule has 2 aromatic rings. The Morgan fingerprint density at radius 2 is 1.43 bits per heavy atom. The normalized spacial score (nSPS) is 12.9. The zero-order valence-electron chi connectivity index (χ0n) is 13.2. The number of hydrogen-bond acceptors (Lipinski definition) is 3. The quantitative estimate of drug-likeness (QED) is 0.599. The van der Waals surface area contributed by atoms with E-state index in [2.05, 4.69) is 0 Å². The Labute approximate surface area is 136 Å². The van der Waals surface area contributed by atoms with Gasteiger partial charge in [-0.25, -0.2) is 0 Å². The topological polar surface area (TPSA) is 76.0 Å². The zero-order chi connectivity index (χ0) is 16.9. The van der Waals surface area contributed by atoms with Crippen molar-refractivity contribution in [2.75, 3.05) is 7.11 Å². The van der Waals surface area contributed by atoms with Crippen molar-refractivity contribution in [1.29, 1.82) is 0 Å². The first-order valence-corrected chi connectivity index (χ1v) is 9.06. The van der Waals surface area contributed by atoms with Crippen molar-refractivity contribution in [3.8, 4) is 5.75 Å². The molecule has 0 aliphatic rings. The summed E-state index contributed by atoms with van der Waals surface area (Å²) in [5, 5.41) is 0. The monoisotopic (exact) mass is 336 g/mol. The molecule has 0 saturated carbocycles. The summed E-state index contributed by atoms with van der Waals surface area (Å²) in [7, 11) is -2.42. The van der Waals surface area contributed by atoms with E-state index in [0.717, 1.165) is 23.3 Å². The molecule has 124 valence electrons. The van der Waals surface area contributed by atoms with Crippen molar-refractivity contribution in [2.24, 2.45) is 0 Å². The van der Waals surface area contributed by atoms with Crippen LogP contribution in [0.5, 0.6) is 5.75 Å². The van der Waals surface area contributed by atoms with Gasteiger partial charge in [0.1, 0.15) is 5.75 Å². The lowest BCUT2D eigenvalue weighted by molar-refractivity contribution is -0.0382. The predicted molar refractivity (Wildman–Crippen MR) is 88.5 cm³/mol. The minimum Gasteiger partial charge on any atom is -0.465 e. The lowest BCUT2D eigenvalue weighted by atomic mass is 10.0. The van der Waals surface area contributed by atoms with Gasteiger partial charge in [0.05, 0.1) is 6.16 Å². The first kappa shape index (κ1) is 17.7. The number of benzene rings is 2. The Morgan fingerprint density at radius 3 is 1.91 bits per heavy atom. The maximum atomic E-state index is 11.0. The fraction of sp³-hybridized carbons (Fsp3) is 0.294. The highest BCUT2D eigenvalue weighted by atomic mass is 31.2. The molecule has 0 amide bonds. The molecule has 23 heavy (non-hydrogen) atoms. The minimum absolute atomic E-state index is 0.225. The minimum atomic E-state index is -4.01.